The van der Waals surface area contributed by atoms with Gasteiger partial charge in [0.25, 0.3) is 5.56 Å². The Morgan fingerprint density at radius 1 is 0.930 bits per heavy atom. The maximum atomic E-state index is 12.6. The highest BCUT2D eigenvalue weighted by molar-refractivity contribution is 7.30. The number of nitrogens with one attached hydrogen (secondary N) is 1. The molecule has 4 aromatic rings. The summed E-state index contributed by atoms with van der Waals surface area (Å²) in [7, 11) is -0.0618. The molecule has 0 amide bonds. The van der Waals surface area contributed by atoms with Crippen molar-refractivity contribution in [3.8, 4) is 11.5 Å². The summed E-state index contributed by atoms with van der Waals surface area (Å²) in [6, 6.07) is 24.5. The smallest absolute Gasteiger partial charge is 0.488 e. The van der Waals surface area contributed by atoms with E-state index in [9.17, 15) is 19.0 Å². The minimum atomic E-state index is -3.24. The third-order valence-electron chi connectivity index (χ3n) is 7.50. The highest BCUT2D eigenvalue weighted by atomic mass is 31.1. The van der Waals surface area contributed by atoms with Crippen LogP contribution in [0.2, 0.25) is 0 Å². The molecule has 1 saturated heterocycles. The monoisotopic (exact) mass is 606 g/mol. The van der Waals surface area contributed by atoms with Crippen LogP contribution in [0.1, 0.15) is 34.9 Å². The van der Waals surface area contributed by atoms with Gasteiger partial charge in [0.05, 0.1) is 20.8 Å². The molecular formula is C31H31N2O9P. The first-order valence-corrected chi connectivity index (χ1v) is 14.6. The molecule has 5 rings (SSSR count). The van der Waals surface area contributed by atoms with Gasteiger partial charge in [-0.15, -0.1) is 4.52 Å². The molecule has 1 aliphatic rings. The molecule has 4 atom stereocenters. The third-order valence-corrected chi connectivity index (χ3v) is 7.94. The van der Waals surface area contributed by atoms with E-state index >= 15 is 0 Å². The zero-order valence-electron chi connectivity index (χ0n) is 23.8. The largest absolute Gasteiger partial charge is 0.566 e. The number of ether oxygens (including phenoxy) is 4. The van der Waals surface area contributed by atoms with Crippen LogP contribution in [0.25, 0.3) is 0 Å². The summed E-state index contributed by atoms with van der Waals surface area (Å²) in [6.07, 6.45) is -1.33. The van der Waals surface area contributed by atoms with Crippen molar-refractivity contribution in [1.82, 2.24) is 9.55 Å². The van der Waals surface area contributed by atoms with Crippen LogP contribution < -0.4 is 25.6 Å². The zero-order chi connectivity index (χ0) is 30.6. The molecule has 43 heavy (non-hydrogen) atoms. The van der Waals surface area contributed by atoms with Crippen molar-refractivity contribution in [1.29, 1.82) is 0 Å². The van der Waals surface area contributed by atoms with Gasteiger partial charge in [0, 0.05) is 18.2 Å². The van der Waals surface area contributed by atoms with Crippen LogP contribution in [0.15, 0.2) is 94.6 Å². The predicted molar refractivity (Wildman–Crippen MR) is 155 cm³/mol. The molecule has 1 N–H and O–H groups in total. The van der Waals surface area contributed by atoms with Gasteiger partial charge < -0.3 is 23.8 Å². The van der Waals surface area contributed by atoms with Crippen molar-refractivity contribution in [2.45, 2.75) is 37.4 Å². The van der Waals surface area contributed by atoms with Gasteiger partial charge in [-0.25, -0.2) is 4.79 Å². The Morgan fingerprint density at radius 2 is 1.49 bits per heavy atom. The van der Waals surface area contributed by atoms with Gasteiger partial charge in [-0.1, -0.05) is 54.6 Å². The van der Waals surface area contributed by atoms with Crippen LogP contribution in [-0.4, -0.2) is 42.6 Å². The molecule has 0 radical (unpaired) electrons. The quantitative estimate of drug-likeness (QED) is 0.200. The molecule has 1 aliphatic heterocycles. The first-order valence-electron chi connectivity index (χ1n) is 13.5. The highest BCUT2D eigenvalue weighted by Gasteiger charge is 2.45. The fourth-order valence-electron chi connectivity index (χ4n) is 5.32. The van der Waals surface area contributed by atoms with Crippen molar-refractivity contribution < 1.29 is 32.9 Å². The van der Waals surface area contributed by atoms with E-state index in [2.05, 4.69) is 4.98 Å². The molecule has 2 heterocycles. The van der Waals surface area contributed by atoms with Gasteiger partial charge in [-0.05, 0) is 52.4 Å². The van der Waals surface area contributed by atoms with Crippen LogP contribution in [0, 0.1) is 6.92 Å². The van der Waals surface area contributed by atoms with Gasteiger partial charge in [-0.2, -0.15) is 0 Å². The molecule has 0 saturated carbocycles. The van der Waals surface area contributed by atoms with E-state index in [0.29, 0.717) is 17.1 Å². The average molecular weight is 607 g/mol. The first-order chi connectivity index (χ1) is 20.7. The Morgan fingerprint density at radius 3 is 2.02 bits per heavy atom. The number of hydrogen-bond donors (Lipinski definition) is 1. The first kappa shape index (κ1) is 30.3. The normalized spacial score (nSPS) is 18.8. The number of aryl methyl sites for hydroxylation is 1. The standard InChI is InChI=1S/C31H31N2O9P/c1-20-18-33(30(35)32-29(20)34)28-17-26(42-43(36)37)27(41-28)19-40-31(21-7-5-4-6-8-21,22-9-13-24(38-2)14-10-22)23-11-15-25(39-3)16-12-23/h4-16,18,26-28H,17,19H2,1-3H3,(H,32,34,35)/t26-,27-,28-/m1/s1. The number of hydrogen-bond acceptors (Lipinski definition) is 9. The van der Waals surface area contributed by atoms with E-state index in [4.69, 9.17) is 23.5 Å². The molecule has 0 bridgehead atoms. The second-order valence-corrected chi connectivity index (χ2v) is 10.7. The number of H-pyrrole nitrogens is 1. The van der Waals surface area contributed by atoms with Crippen LogP contribution in [0.5, 0.6) is 11.5 Å². The number of aromatic amines is 1. The second-order valence-electron chi connectivity index (χ2n) is 10.0. The molecule has 11 nitrogen and oxygen atoms in total. The third kappa shape index (κ3) is 6.31. The topological polar surface area (TPSA) is 141 Å². The minimum absolute atomic E-state index is 0.0339. The number of benzene rings is 3. The second kappa shape index (κ2) is 13.0. The number of aromatic nitrogens is 2. The molecule has 0 spiro atoms. The Balaban J connectivity index is 1.58. The van der Waals surface area contributed by atoms with Crippen LogP contribution in [-0.2, 0) is 24.2 Å². The SMILES string of the molecule is COc1ccc(C(OC[C@H]2O[C@@H](n3cc(C)c(=O)[nH]c3=O)C[C@H]2O[P+](=O)[O-])(c2ccccc2)c2ccc(OC)cc2)cc1. The molecule has 224 valence electrons. The lowest BCUT2D eigenvalue weighted by Gasteiger charge is -2.37. The molecule has 1 fully saturated rings. The molecule has 3 aromatic carbocycles. The fraction of sp³-hybridized carbons (Fsp3) is 0.290. The Kier molecular flexibility index (Phi) is 9.19. The summed E-state index contributed by atoms with van der Waals surface area (Å²) in [4.78, 5) is 38.5. The summed E-state index contributed by atoms with van der Waals surface area (Å²) in [5.41, 5.74) is 0.288. The van der Waals surface area contributed by atoms with E-state index in [1.165, 1.54) is 10.8 Å². The van der Waals surface area contributed by atoms with Crippen LogP contribution in [0.4, 0.5) is 0 Å². The lowest BCUT2D eigenvalue weighted by Crippen LogP contribution is -2.38. The van der Waals surface area contributed by atoms with Gasteiger partial charge in [-0.3, -0.25) is 14.3 Å². The van der Waals surface area contributed by atoms with Crippen LogP contribution in [0.3, 0.4) is 0 Å². The predicted octanol–water partition coefficient (Wildman–Crippen LogP) is 3.56. The number of rotatable bonds is 11. The van der Waals surface area contributed by atoms with Crippen LogP contribution >= 0.6 is 8.25 Å². The minimum Gasteiger partial charge on any atom is -0.566 e. The number of nitrogens with zero attached hydrogens (tertiary/aromatic N) is 1. The summed E-state index contributed by atoms with van der Waals surface area (Å²) in [5.74, 6) is 1.33. The molecule has 1 aromatic heterocycles. The zero-order valence-corrected chi connectivity index (χ0v) is 24.7. The van der Waals surface area contributed by atoms with Gasteiger partial charge in [0.2, 0.25) is 0 Å². The van der Waals surface area contributed by atoms with E-state index in [1.54, 1.807) is 21.1 Å². The molecule has 12 heteroatoms. The van der Waals surface area contributed by atoms with Crippen molar-refractivity contribution in [3.63, 3.8) is 0 Å². The summed E-state index contributed by atoms with van der Waals surface area (Å²) >= 11 is 0. The fourth-order valence-corrected chi connectivity index (χ4v) is 5.77. The van der Waals surface area contributed by atoms with E-state index < -0.39 is 43.5 Å². The van der Waals surface area contributed by atoms with Gasteiger partial charge in [0.1, 0.15) is 35.5 Å². The van der Waals surface area contributed by atoms with Crippen molar-refractivity contribution in [2.75, 3.05) is 20.8 Å². The lowest BCUT2D eigenvalue weighted by atomic mass is 9.80. The molecule has 0 aliphatic carbocycles. The maximum Gasteiger partial charge on any atom is 0.488 e. The summed E-state index contributed by atoms with van der Waals surface area (Å²) < 4.78 is 42.0. The van der Waals surface area contributed by atoms with Crippen molar-refractivity contribution in [3.05, 3.63) is 128 Å². The Hall–Kier alpha value is -4.12. The summed E-state index contributed by atoms with van der Waals surface area (Å²) in [5, 5.41) is 0. The average Bonchev–Trinajstić information content (AvgIpc) is 3.41. The van der Waals surface area contributed by atoms with E-state index in [1.807, 2.05) is 78.9 Å². The lowest BCUT2D eigenvalue weighted by molar-refractivity contribution is -0.192. The van der Waals surface area contributed by atoms with Gasteiger partial charge in [0.15, 0.2) is 0 Å². The number of methoxy groups -OCH3 is 2. The van der Waals surface area contributed by atoms with Crippen molar-refractivity contribution in [2.24, 2.45) is 0 Å². The highest BCUT2D eigenvalue weighted by Crippen LogP contribution is 2.43. The maximum absolute atomic E-state index is 12.6. The Bertz CT molecular complexity index is 1620. The van der Waals surface area contributed by atoms with E-state index in [0.717, 1.165) is 16.7 Å². The molecule has 1 unspecified atom stereocenters. The van der Waals surface area contributed by atoms with Crippen molar-refractivity contribution >= 4 is 8.25 Å². The molecular weight excluding hydrogens is 575 g/mol. The summed E-state index contributed by atoms with van der Waals surface area (Å²) in [6.45, 7) is 1.44. The van der Waals surface area contributed by atoms with Gasteiger partial charge >= 0.3 is 13.9 Å². The Labute approximate surface area is 248 Å². The van der Waals surface area contributed by atoms with E-state index in [-0.39, 0.29) is 13.0 Å².